The first-order valence-electron chi connectivity index (χ1n) is 4.57. The van der Waals surface area contributed by atoms with Crippen LogP contribution in [-0.2, 0) is 5.60 Å². The average molecular weight is 195 g/mol. The van der Waals surface area contributed by atoms with Gasteiger partial charge >= 0.3 is 0 Å². The minimum absolute atomic E-state index is 0.385. The highest BCUT2D eigenvalue weighted by Crippen LogP contribution is 2.24. The van der Waals surface area contributed by atoms with Gasteiger partial charge in [0.2, 0.25) is 0 Å². The molecule has 1 aromatic rings. The normalized spacial score (nSPS) is 15.1. The molecule has 0 saturated heterocycles. The number of anilines is 1. The van der Waals surface area contributed by atoms with Crippen molar-refractivity contribution in [1.82, 2.24) is 10.3 Å². The lowest BCUT2D eigenvalue weighted by atomic mass is 9.95. The number of hydrogen-bond acceptors (Lipinski definition) is 4. The predicted octanol–water partition coefficient (Wildman–Crippen LogP) is 0.399. The van der Waals surface area contributed by atoms with E-state index >= 15 is 0 Å². The number of rotatable bonds is 3. The Balaban J connectivity index is 3.10. The number of nitrogens with two attached hydrogens (primary N) is 1. The van der Waals surface area contributed by atoms with Crippen LogP contribution < -0.4 is 11.1 Å². The number of aryl methyl sites for hydroxylation is 1. The topological polar surface area (TPSA) is 71.2 Å². The minimum atomic E-state index is -0.974. The fourth-order valence-electron chi connectivity index (χ4n) is 1.45. The van der Waals surface area contributed by atoms with Gasteiger partial charge in [-0.15, -0.1) is 0 Å². The van der Waals surface area contributed by atoms with Gasteiger partial charge in [0.05, 0.1) is 0 Å². The molecule has 0 radical (unpaired) electrons. The highest BCUT2D eigenvalue weighted by Gasteiger charge is 2.25. The largest absolute Gasteiger partial charge is 0.384 e. The zero-order valence-corrected chi connectivity index (χ0v) is 8.83. The molecule has 0 saturated carbocycles. The number of nitrogens with zero attached hydrogens (tertiary/aromatic N) is 1. The average Bonchev–Trinajstić information content (AvgIpc) is 2.09. The maximum atomic E-state index is 10.1. The molecule has 0 aromatic carbocycles. The van der Waals surface area contributed by atoms with E-state index in [0.29, 0.717) is 17.9 Å². The van der Waals surface area contributed by atoms with Gasteiger partial charge in [-0.3, -0.25) is 0 Å². The van der Waals surface area contributed by atoms with E-state index in [0.717, 1.165) is 5.56 Å². The summed E-state index contributed by atoms with van der Waals surface area (Å²) in [5.41, 5.74) is 6.40. The zero-order chi connectivity index (χ0) is 10.8. The second-order valence-electron chi connectivity index (χ2n) is 3.75. The van der Waals surface area contributed by atoms with Gasteiger partial charge in [0.15, 0.2) is 0 Å². The third kappa shape index (κ3) is 2.21. The molecule has 4 nitrogen and oxygen atoms in total. The standard InChI is InChI=1S/C10H17N3O/c1-7-4-8(9(11)13-5-7)10(2,14)6-12-3/h4-5,12,14H,6H2,1-3H3,(H2,11,13). The molecule has 1 atom stereocenters. The van der Waals surface area contributed by atoms with Crippen molar-refractivity contribution in [2.45, 2.75) is 19.4 Å². The van der Waals surface area contributed by atoms with Crippen LogP contribution in [0.1, 0.15) is 18.1 Å². The lowest BCUT2D eigenvalue weighted by Gasteiger charge is -2.24. The molecule has 1 aromatic heterocycles. The number of pyridine rings is 1. The molecule has 0 aliphatic rings. The van der Waals surface area contributed by atoms with Gasteiger partial charge in [-0.2, -0.15) is 0 Å². The van der Waals surface area contributed by atoms with E-state index in [-0.39, 0.29) is 0 Å². The third-order valence-corrected chi connectivity index (χ3v) is 2.16. The maximum absolute atomic E-state index is 10.1. The molecule has 1 rings (SSSR count). The van der Waals surface area contributed by atoms with Crippen molar-refractivity contribution < 1.29 is 5.11 Å². The van der Waals surface area contributed by atoms with E-state index in [2.05, 4.69) is 10.3 Å². The summed E-state index contributed by atoms with van der Waals surface area (Å²) in [6, 6.07) is 1.86. The van der Waals surface area contributed by atoms with Crippen molar-refractivity contribution in [3.05, 3.63) is 23.4 Å². The van der Waals surface area contributed by atoms with E-state index in [4.69, 9.17) is 5.73 Å². The van der Waals surface area contributed by atoms with Crippen LogP contribution in [0.5, 0.6) is 0 Å². The molecule has 0 bridgehead atoms. The molecule has 78 valence electrons. The summed E-state index contributed by atoms with van der Waals surface area (Å²) in [6.07, 6.45) is 1.69. The van der Waals surface area contributed by atoms with E-state index < -0.39 is 5.60 Å². The molecule has 0 amide bonds. The Morgan fingerprint density at radius 2 is 2.29 bits per heavy atom. The second kappa shape index (κ2) is 3.94. The SMILES string of the molecule is CNCC(C)(O)c1cc(C)cnc1N. The molecule has 1 unspecified atom stereocenters. The van der Waals surface area contributed by atoms with Gasteiger partial charge < -0.3 is 16.2 Å². The van der Waals surface area contributed by atoms with Crippen molar-refractivity contribution in [1.29, 1.82) is 0 Å². The number of aliphatic hydroxyl groups is 1. The number of likely N-dealkylation sites (N-methyl/N-ethyl adjacent to an activating group) is 1. The van der Waals surface area contributed by atoms with Crippen LogP contribution in [0.25, 0.3) is 0 Å². The molecule has 4 N–H and O–H groups in total. The summed E-state index contributed by atoms with van der Waals surface area (Å²) >= 11 is 0. The summed E-state index contributed by atoms with van der Waals surface area (Å²) in [6.45, 7) is 4.09. The number of aromatic nitrogens is 1. The lowest BCUT2D eigenvalue weighted by Crippen LogP contribution is -2.34. The first kappa shape index (κ1) is 10.9. The molecule has 0 fully saturated rings. The van der Waals surface area contributed by atoms with Crippen LogP contribution in [0.15, 0.2) is 12.3 Å². The van der Waals surface area contributed by atoms with Crippen LogP contribution in [0.4, 0.5) is 5.82 Å². The van der Waals surface area contributed by atoms with Crippen LogP contribution in [0.2, 0.25) is 0 Å². The Morgan fingerprint density at radius 1 is 1.64 bits per heavy atom. The predicted molar refractivity (Wildman–Crippen MR) is 56.9 cm³/mol. The second-order valence-corrected chi connectivity index (χ2v) is 3.75. The van der Waals surface area contributed by atoms with Gasteiger partial charge in [-0.05, 0) is 32.5 Å². The van der Waals surface area contributed by atoms with Crippen LogP contribution >= 0.6 is 0 Å². The smallest absolute Gasteiger partial charge is 0.129 e. The fourth-order valence-corrected chi connectivity index (χ4v) is 1.45. The number of hydrogen-bond donors (Lipinski definition) is 3. The van der Waals surface area contributed by atoms with Crippen LogP contribution in [0, 0.1) is 6.92 Å². The Bertz CT molecular complexity index is 323. The summed E-state index contributed by atoms with van der Waals surface area (Å²) in [4.78, 5) is 4.02. The zero-order valence-electron chi connectivity index (χ0n) is 8.83. The first-order valence-corrected chi connectivity index (χ1v) is 4.57. The molecule has 1 heterocycles. The van der Waals surface area contributed by atoms with Crippen molar-refractivity contribution >= 4 is 5.82 Å². The van der Waals surface area contributed by atoms with Gasteiger partial charge in [0.25, 0.3) is 0 Å². The third-order valence-electron chi connectivity index (χ3n) is 2.16. The van der Waals surface area contributed by atoms with Gasteiger partial charge in [0, 0.05) is 18.3 Å². The summed E-state index contributed by atoms with van der Waals surface area (Å²) in [5.74, 6) is 0.385. The van der Waals surface area contributed by atoms with Gasteiger partial charge in [-0.25, -0.2) is 4.98 Å². The highest BCUT2D eigenvalue weighted by molar-refractivity contribution is 5.44. The lowest BCUT2D eigenvalue weighted by molar-refractivity contribution is 0.0596. The highest BCUT2D eigenvalue weighted by atomic mass is 16.3. The summed E-state index contributed by atoms with van der Waals surface area (Å²) in [5, 5.41) is 13.0. The van der Waals surface area contributed by atoms with E-state index in [9.17, 15) is 5.11 Å². The monoisotopic (exact) mass is 195 g/mol. The van der Waals surface area contributed by atoms with E-state index in [1.54, 1.807) is 20.2 Å². The van der Waals surface area contributed by atoms with Crippen molar-refractivity contribution in [3.8, 4) is 0 Å². The molecule has 0 spiro atoms. The van der Waals surface area contributed by atoms with E-state index in [1.807, 2.05) is 13.0 Å². The fraction of sp³-hybridized carbons (Fsp3) is 0.500. The minimum Gasteiger partial charge on any atom is -0.384 e. The summed E-state index contributed by atoms with van der Waals surface area (Å²) in [7, 11) is 1.79. The summed E-state index contributed by atoms with van der Waals surface area (Å²) < 4.78 is 0. The van der Waals surface area contributed by atoms with Crippen molar-refractivity contribution in [2.75, 3.05) is 19.3 Å². The molecule has 0 aliphatic carbocycles. The first-order chi connectivity index (χ1) is 6.47. The number of nitrogen functional groups attached to an aromatic ring is 1. The molecule has 14 heavy (non-hydrogen) atoms. The Morgan fingerprint density at radius 3 is 2.86 bits per heavy atom. The van der Waals surface area contributed by atoms with Crippen LogP contribution in [0.3, 0.4) is 0 Å². The molecular weight excluding hydrogens is 178 g/mol. The molecule has 0 aliphatic heterocycles. The Kier molecular flexibility index (Phi) is 3.08. The molecule has 4 heteroatoms. The van der Waals surface area contributed by atoms with Crippen molar-refractivity contribution in [3.63, 3.8) is 0 Å². The number of nitrogens with one attached hydrogen (secondary N) is 1. The van der Waals surface area contributed by atoms with Crippen LogP contribution in [-0.4, -0.2) is 23.7 Å². The Hall–Kier alpha value is -1.13. The van der Waals surface area contributed by atoms with Gasteiger partial charge in [-0.1, -0.05) is 0 Å². The van der Waals surface area contributed by atoms with Crippen molar-refractivity contribution in [2.24, 2.45) is 0 Å². The quantitative estimate of drug-likeness (QED) is 0.653. The Labute approximate surface area is 84.2 Å². The molecular formula is C10H17N3O. The van der Waals surface area contributed by atoms with E-state index in [1.165, 1.54) is 0 Å². The van der Waals surface area contributed by atoms with Gasteiger partial charge in [0.1, 0.15) is 11.4 Å². The maximum Gasteiger partial charge on any atom is 0.129 e.